The highest BCUT2D eigenvalue weighted by Gasteiger charge is 2.42. The lowest BCUT2D eigenvalue weighted by atomic mass is 9.86. The van der Waals surface area contributed by atoms with Crippen LogP contribution >= 0.6 is 0 Å². The summed E-state index contributed by atoms with van der Waals surface area (Å²) in [7, 11) is 0. The molecule has 106 valence electrons. The van der Waals surface area contributed by atoms with E-state index in [2.05, 4.69) is 25.7 Å². The first-order chi connectivity index (χ1) is 8.47. The normalized spacial score (nSPS) is 33.0. The van der Waals surface area contributed by atoms with Crippen molar-refractivity contribution in [2.75, 3.05) is 19.6 Å². The SMILES string of the molecule is CC1CN(C2(CN)CCCCCC2)CC(C)(C)O1. The van der Waals surface area contributed by atoms with E-state index in [0.717, 1.165) is 19.6 Å². The monoisotopic (exact) mass is 254 g/mol. The topological polar surface area (TPSA) is 38.5 Å². The van der Waals surface area contributed by atoms with Crippen LogP contribution in [0.1, 0.15) is 59.3 Å². The van der Waals surface area contributed by atoms with Crippen LogP contribution in [0, 0.1) is 0 Å². The minimum absolute atomic E-state index is 0.0356. The highest BCUT2D eigenvalue weighted by Crippen LogP contribution is 2.35. The molecule has 3 nitrogen and oxygen atoms in total. The smallest absolute Gasteiger partial charge is 0.0757 e. The second-order valence-electron chi connectivity index (χ2n) is 6.91. The van der Waals surface area contributed by atoms with E-state index < -0.39 is 0 Å². The van der Waals surface area contributed by atoms with E-state index in [1.807, 2.05) is 0 Å². The molecule has 3 heteroatoms. The summed E-state index contributed by atoms with van der Waals surface area (Å²) >= 11 is 0. The summed E-state index contributed by atoms with van der Waals surface area (Å²) in [4.78, 5) is 2.65. The van der Waals surface area contributed by atoms with Crippen LogP contribution in [-0.2, 0) is 4.74 Å². The van der Waals surface area contributed by atoms with E-state index in [9.17, 15) is 0 Å². The molecule has 0 radical (unpaired) electrons. The molecule has 2 fully saturated rings. The van der Waals surface area contributed by atoms with Gasteiger partial charge in [-0.2, -0.15) is 0 Å². The lowest BCUT2D eigenvalue weighted by molar-refractivity contribution is -0.154. The van der Waals surface area contributed by atoms with Crippen LogP contribution in [0.15, 0.2) is 0 Å². The van der Waals surface area contributed by atoms with Crippen molar-refractivity contribution in [1.82, 2.24) is 4.90 Å². The van der Waals surface area contributed by atoms with Crippen molar-refractivity contribution in [2.45, 2.75) is 76.5 Å². The van der Waals surface area contributed by atoms with Gasteiger partial charge in [0.05, 0.1) is 11.7 Å². The van der Waals surface area contributed by atoms with E-state index in [1.54, 1.807) is 0 Å². The number of hydrogen-bond donors (Lipinski definition) is 1. The molecule has 0 aromatic rings. The molecule has 0 amide bonds. The van der Waals surface area contributed by atoms with Gasteiger partial charge in [0.25, 0.3) is 0 Å². The Bertz CT molecular complexity index is 270. The van der Waals surface area contributed by atoms with Crippen LogP contribution in [-0.4, -0.2) is 41.8 Å². The van der Waals surface area contributed by atoms with Crippen molar-refractivity contribution >= 4 is 0 Å². The molecule has 2 rings (SSSR count). The largest absolute Gasteiger partial charge is 0.370 e. The molecular weight excluding hydrogens is 224 g/mol. The van der Waals surface area contributed by atoms with Crippen molar-refractivity contribution < 1.29 is 4.74 Å². The second-order valence-corrected chi connectivity index (χ2v) is 6.91. The maximum absolute atomic E-state index is 6.19. The Kier molecular flexibility index (Phi) is 4.35. The van der Waals surface area contributed by atoms with Crippen molar-refractivity contribution in [2.24, 2.45) is 5.73 Å². The van der Waals surface area contributed by atoms with Gasteiger partial charge in [0, 0.05) is 25.2 Å². The molecule has 1 aliphatic carbocycles. The molecule has 0 bridgehead atoms. The zero-order valence-electron chi connectivity index (χ0n) is 12.4. The van der Waals surface area contributed by atoms with Gasteiger partial charge in [-0.3, -0.25) is 4.90 Å². The van der Waals surface area contributed by atoms with E-state index in [0.29, 0.717) is 6.10 Å². The number of ether oxygens (including phenoxy) is 1. The van der Waals surface area contributed by atoms with Gasteiger partial charge >= 0.3 is 0 Å². The van der Waals surface area contributed by atoms with Crippen LogP contribution in [0.4, 0.5) is 0 Å². The van der Waals surface area contributed by atoms with Gasteiger partial charge in [0.1, 0.15) is 0 Å². The van der Waals surface area contributed by atoms with Gasteiger partial charge < -0.3 is 10.5 Å². The molecule has 1 saturated carbocycles. The third kappa shape index (κ3) is 3.06. The third-order valence-electron chi connectivity index (χ3n) is 4.65. The average molecular weight is 254 g/mol. The minimum Gasteiger partial charge on any atom is -0.370 e. The van der Waals surface area contributed by atoms with Gasteiger partial charge in [-0.1, -0.05) is 25.7 Å². The van der Waals surface area contributed by atoms with Gasteiger partial charge in [-0.15, -0.1) is 0 Å². The van der Waals surface area contributed by atoms with Gasteiger partial charge in [-0.05, 0) is 33.6 Å². The molecule has 1 unspecified atom stereocenters. The highest BCUT2D eigenvalue weighted by atomic mass is 16.5. The predicted molar refractivity (Wildman–Crippen MR) is 75.7 cm³/mol. The molecule has 18 heavy (non-hydrogen) atoms. The van der Waals surface area contributed by atoms with Crippen LogP contribution in [0.25, 0.3) is 0 Å². The molecule has 0 aromatic heterocycles. The second kappa shape index (κ2) is 5.48. The Morgan fingerprint density at radius 1 is 1.17 bits per heavy atom. The molecule has 1 aliphatic heterocycles. The fraction of sp³-hybridized carbons (Fsp3) is 1.00. The summed E-state index contributed by atoms with van der Waals surface area (Å²) in [5, 5.41) is 0. The maximum atomic E-state index is 6.19. The fourth-order valence-corrected chi connectivity index (χ4v) is 3.85. The average Bonchev–Trinajstić information content (AvgIpc) is 2.52. The molecule has 1 saturated heterocycles. The Morgan fingerprint density at radius 3 is 2.28 bits per heavy atom. The van der Waals surface area contributed by atoms with Crippen LogP contribution in [0.3, 0.4) is 0 Å². The van der Waals surface area contributed by atoms with Crippen molar-refractivity contribution in [3.05, 3.63) is 0 Å². The standard InChI is InChI=1S/C15H30N2O/c1-13-10-17(12-14(2,3)18-13)15(11-16)8-6-4-5-7-9-15/h13H,4-12,16H2,1-3H3. The summed E-state index contributed by atoms with van der Waals surface area (Å²) in [6.07, 6.45) is 8.29. The third-order valence-corrected chi connectivity index (χ3v) is 4.65. The first kappa shape index (κ1) is 14.3. The molecular formula is C15H30N2O. The Hall–Kier alpha value is -0.120. The zero-order chi connectivity index (χ0) is 13.2. The van der Waals surface area contributed by atoms with Crippen molar-refractivity contribution in [3.63, 3.8) is 0 Å². The summed E-state index contributed by atoms with van der Waals surface area (Å²) in [5.41, 5.74) is 6.40. The number of hydrogen-bond acceptors (Lipinski definition) is 3. The summed E-state index contributed by atoms with van der Waals surface area (Å²) in [5.74, 6) is 0. The minimum atomic E-state index is -0.0356. The number of nitrogens with two attached hydrogens (primary N) is 1. The Labute approximate surface area is 112 Å². The molecule has 2 N–H and O–H groups in total. The van der Waals surface area contributed by atoms with E-state index in [-0.39, 0.29) is 11.1 Å². The van der Waals surface area contributed by atoms with E-state index in [4.69, 9.17) is 10.5 Å². The maximum Gasteiger partial charge on any atom is 0.0757 e. The van der Waals surface area contributed by atoms with Crippen molar-refractivity contribution in [1.29, 1.82) is 0 Å². The lowest BCUT2D eigenvalue weighted by Crippen LogP contribution is -2.63. The molecule has 1 atom stereocenters. The quantitative estimate of drug-likeness (QED) is 0.770. The number of nitrogens with zero attached hydrogens (tertiary/aromatic N) is 1. The lowest BCUT2D eigenvalue weighted by Gasteiger charge is -2.51. The summed E-state index contributed by atoms with van der Waals surface area (Å²) in [6, 6.07) is 0. The number of rotatable bonds is 2. The van der Waals surface area contributed by atoms with E-state index >= 15 is 0 Å². The fourth-order valence-electron chi connectivity index (χ4n) is 3.85. The van der Waals surface area contributed by atoms with Gasteiger partial charge in [0.15, 0.2) is 0 Å². The van der Waals surface area contributed by atoms with Gasteiger partial charge in [-0.25, -0.2) is 0 Å². The zero-order valence-corrected chi connectivity index (χ0v) is 12.4. The van der Waals surface area contributed by atoms with Crippen molar-refractivity contribution in [3.8, 4) is 0 Å². The summed E-state index contributed by atoms with van der Waals surface area (Å²) < 4.78 is 6.03. The first-order valence-corrected chi connectivity index (χ1v) is 7.60. The Balaban J connectivity index is 2.15. The molecule has 0 spiro atoms. The van der Waals surface area contributed by atoms with Crippen LogP contribution < -0.4 is 5.73 Å². The highest BCUT2D eigenvalue weighted by molar-refractivity contribution is 4.98. The van der Waals surface area contributed by atoms with E-state index in [1.165, 1.54) is 38.5 Å². The first-order valence-electron chi connectivity index (χ1n) is 7.60. The summed E-state index contributed by atoms with van der Waals surface area (Å²) in [6.45, 7) is 9.47. The Morgan fingerprint density at radius 2 is 1.78 bits per heavy atom. The van der Waals surface area contributed by atoms with Crippen LogP contribution in [0.2, 0.25) is 0 Å². The number of morpholine rings is 1. The predicted octanol–water partition coefficient (Wildman–Crippen LogP) is 2.54. The van der Waals surface area contributed by atoms with Crippen LogP contribution in [0.5, 0.6) is 0 Å². The van der Waals surface area contributed by atoms with Gasteiger partial charge in [0.2, 0.25) is 0 Å². The molecule has 2 aliphatic rings. The molecule has 0 aromatic carbocycles. The molecule has 1 heterocycles.